The molecule has 0 radical (unpaired) electrons. The summed E-state index contributed by atoms with van der Waals surface area (Å²) in [6.45, 7) is 4.48. The maximum Gasteiger partial charge on any atom is 0.238 e. The molecule has 2 aromatic rings. The number of hydrogen-bond acceptors (Lipinski definition) is 4. The van der Waals surface area contributed by atoms with E-state index >= 15 is 0 Å². The van der Waals surface area contributed by atoms with Crippen molar-refractivity contribution in [3.8, 4) is 11.5 Å². The van der Waals surface area contributed by atoms with Crippen molar-refractivity contribution in [2.24, 2.45) is 5.92 Å². The Hall–Kier alpha value is -2.53. The van der Waals surface area contributed by atoms with Gasteiger partial charge in [0.25, 0.3) is 0 Å². The first-order valence-corrected chi connectivity index (χ1v) is 8.35. The lowest BCUT2D eigenvalue weighted by Crippen LogP contribution is -2.33. The Labute approximate surface area is 149 Å². The summed E-state index contributed by atoms with van der Waals surface area (Å²) in [5, 5.41) is 6.21. The normalized spacial score (nSPS) is 11.9. The van der Waals surface area contributed by atoms with E-state index in [4.69, 9.17) is 9.47 Å². The molecule has 0 unspecified atom stereocenters. The highest BCUT2D eigenvalue weighted by Crippen LogP contribution is 2.29. The largest absolute Gasteiger partial charge is 0.497 e. The third kappa shape index (κ3) is 5.22. The standard InChI is InChI=1S/C20H26N2O3/c1-14(2)20(15-8-6-5-7-9-15)21-13-19(23)22-17-11-10-16(24-3)12-18(17)25-4/h5-12,14,20-21H,13H2,1-4H3,(H,22,23)/t20-/m0/s1. The molecule has 0 saturated carbocycles. The number of methoxy groups -OCH3 is 2. The molecule has 0 saturated heterocycles. The van der Waals surface area contributed by atoms with E-state index in [-0.39, 0.29) is 18.5 Å². The quantitative estimate of drug-likeness (QED) is 0.769. The predicted molar refractivity (Wildman–Crippen MR) is 100 cm³/mol. The second-order valence-corrected chi connectivity index (χ2v) is 6.13. The maximum absolute atomic E-state index is 12.3. The Balaban J connectivity index is 2.00. The average molecular weight is 342 g/mol. The fourth-order valence-corrected chi connectivity index (χ4v) is 2.70. The van der Waals surface area contributed by atoms with Crippen LogP contribution in [-0.4, -0.2) is 26.7 Å². The summed E-state index contributed by atoms with van der Waals surface area (Å²) >= 11 is 0. The van der Waals surface area contributed by atoms with Crippen LogP contribution in [0.3, 0.4) is 0 Å². The van der Waals surface area contributed by atoms with E-state index in [2.05, 4.69) is 36.6 Å². The van der Waals surface area contributed by atoms with Crippen LogP contribution in [0.25, 0.3) is 0 Å². The van der Waals surface area contributed by atoms with E-state index in [1.807, 2.05) is 18.2 Å². The Bertz CT molecular complexity index is 687. The molecule has 0 fully saturated rings. The third-order valence-electron chi connectivity index (χ3n) is 3.99. The lowest BCUT2D eigenvalue weighted by atomic mass is 9.96. The van der Waals surface area contributed by atoms with E-state index in [1.165, 1.54) is 5.56 Å². The molecule has 5 heteroatoms. The summed E-state index contributed by atoms with van der Waals surface area (Å²) < 4.78 is 10.5. The first kappa shape index (κ1) is 18.8. The van der Waals surface area contributed by atoms with Crippen molar-refractivity contribution in [1.29, 1.82) is 0 Å². The van der Waals surface area contributed by atoms with Crippen LogP contribution in [0.5, 0.6) is 11.5 Å². The van der Waals surface area contributed by atoms with Gasteiger partial charge in [0.1, 0.15) is 11.5 Å². The number of rotatable bonds is 8. The zero-order valence-electron chi connectivity index (χ0n) is 15.2. The molecule has 1 atom stereocenters. The topological polar surface area (TPSA) is 59.6 Å². The second kappa shape index (κ2) is 9.08. The molecule has 0 aliphatic carbocycles. The summed E-state index contributed by atoms with van der Waals surface area (Å²) in [5.41, 5.74) is 1.79. The highest BCUT2D eigenvalue weighted by molar-refractivity contribution is 5.93. The minimum absolute atomic E-state index is 0.115. The van der Waals surface area contributed by atoms with Crippen molar-refractivity contribution in [2.45, 2.75) is 19.9 Å². The van der Waals surface area contributed by atoms with Crippen LogP contribution in [0, 0.1) is 5.92 Å². The van der Waals surface area contributed by atoms with Gasteiger partial charge in [0.2, 0.25) is 5.91 Å². The first-order chi connectivity index (χ1) is 12.0. The fourth-order valence-electron chi connectivity index (χ4n) is 2.70. The van der Waals surface area contributed by atoms with Gasteiger partial charge in [-0.1, -0.05) is 44.2 Å². The van der Waals surface area contributed by atoms with Crippen LogP contribution in [0.1, 0.15) is 25.5 Å². The van der Waals surface area contributed by atoms with Crippen LogP contribution in [0.4, 0.5) is 5.69 Å². The highest BCUT2D eigenvalue weighted by atomic mass is 16.5. The molecular weight excluding hydrogens is 316 g/mol. The van der Waals surface area contributed by atoms with Gasteiger partial charge in [-0.05, 0) is 23.6 Å². The van der Waals surface area contributed by atoms with Gasteiger partial charge in [-0.3, -0.25) is 4.79 Å². The van der Waals surface area contributed by atoms with Crippen molar-refractivity contribution in [3.05, 3.63) is 54.1 Å². The van der Waals surface area contributed by atoms with Crippen LogP contribution in [-0.2, 0) is 4.79 Å². The molecule has 2 aromatic carbocycles. The smallest absolute Gasteiger partial charge is 0.238 e. The number of benzene rings is 2. The highest BCUT2D eigenvalue weighted by Gasteiger charge is 2.17. The van der Waals surface area contributed by atoms with Crippen molar-refractivity contribution < 1.29 is 14.3 Å². The molecule has 0 spiro atoms. The van der Waals surface area contributed by atoms with Gasteiger partial charge >= 0.3 is 0 Å². The molecule has 0 aromatic heterocycles. The number of anilines is 1. The Kier molecular flexibility index (Phi) is 6.83. The predicted octanol–water partition coefficient (Wildman–Crippen LogP) is 3.63. The van der Waals surface area contributed by atoms with Gasteiger partial charge in [-0.15, -0.1) is 0 Å². The second-order valence-electron chi connectivity index (χ2n) is 6.13. The molecule has 134 valence electrons. The Morgan fingerprint density at radius 2 is 1.76 bits per heavy atom. The number of amides is 1. The number of nitrogens with one attached hydrogen (secondary N) is 2. The number of carbonyl (C=O) groups is 1. The number of ether oxygens (including phenoxy) is 2. The summed E-state index contributed by atoms with van der Waals surface area (Å²) in [6.07, 6.45) is 0. The van der Waals surface area contributed by atoms with E-state index in [9.17, 15) is 4.79 Å². The average Bonchev–Trinajstić information content (AvgIpc) is 2.62. The van der Waals surface area contributed by atoms with Crippen molar-refractivity contribution >= 4 is 11.6 Å². The van der Waals surface area contributed by atoms with Crippen LogP contribution < -0.4 is 20.1 Å². The van der Waals surface area contributed by atoms with Crippen molar-refractivity contribution in [3.63, 3.8) is 0 Å². The Morgan fingerprint density at radius 1 is 1.04 bits per heavy atom. The number of carbonyl (C=O) groups excluding carboxylic acids is 1. The first-order valence-electron chi connectivity index (χ1n) is 8.35. The fraction of sp³-hybridized carbons (Fsp3) is 0.350. The van der Waals surface area contributed by atoms with Crippen LogP contribution >= 0.6 is 0 Å². The van der Waals surface area contributed by atoms with Gasteiger partial charge in [-0.2, -0.15) is 0 Å². The molecule has 5 nitrogen and oxygen atoms in total. The molecular formula is C20H26N2O3. The zero-order chi connectivity index (χ0) is 18.2. The van der Waals surface area contributed by atoms with E-state index < -0.39 is 0 Å². The van der Waals surface area contributed by atoms with Gasteiger partial charge in [0, 0.05) is 12.1 Å². The molecule has 0 heterocycles. The molecule has 2 N–H and O–H groups in total. The van der Waals surface area contributed by atoms with Gasteiger partial charge in [0.05, 0.1) is 26.5 Å². The Morgan fingerprint density at radius 3 is 2.36 bits per heavy atom. The van der Waals surface area contributed by atoms with Crippen LogP contribution in [0.2, 0.25) is 0 Å². The molecule has 0 aliphatic heterocycles. The molecule has 25 heavy (non-hydrogen) atoms. The SMILES string of the molecule is COc1ccc(NC(=O)CN[C@H](c2ccccc2)C(C)C)c(OC)c1. The van der Waals surface area contributed by atoms with Crippen molar-refractivity contribution in [2.75, 3.05) is 26.1 Å². The molecule has 2 rings (SSSR count). The number of hydrogen-bond donors (Lipinski definition) is 2. The summed E-state index contributed by atoms with van der Waals surface area (Å²) in [5.74, 6) is 1.49. The third-order valence-corrected chi connectivity index (χ3v) is 3.99. The lowest BCUT2D eigenvalue weighted by molar-refractivity contribution is -0.115. The lowest BCUT2D eigenvalue weighted by Gasteiger charge is -2.23. The molecule has 1 amide bonds. The van der Waals surface area contributed by atoms with Gasteiger partial charge in [0.15, 0.2) is 0 Å². The minimum Gasteiger partial charge on any atom is -0.497 e. The van der Waals surface area contributed by atoms with E-state index in [1.54, 1.807) is 32.4 Å². The maximum atomic E-state index is 12.3. The van der Waals surface area contributed by atoms with E-state index in [0.29, 0.717) is 23.1 Å². The summed E-state index contributed by atoms with van der Waals surface area (Å²) in [4.78, 5) is 12.3. The zero-order valence-corrected chi connectivity index (χ0v) is 15.2. The van der Waals surface area contributed by atoms with E-state index in [0.717, 1.165) is 0 Å². The van der Waals surface area contributed by atoms with Crippen LogP contribution in [0.15, 0.2) is 48.5 Å². The van der Waals surface area contributed by atoms with Crippen molar-refractivity contribution in [1.82, 2.24) is 5.32 Å². The van der Waals surface area contributed by atoms with Gasteiger partial charge in [-0.25, -0.2) is 0 Å². The monoisotopic (exact) mass is 342 g/mol. The summed E-state index contributed by atoms with van der Waals surface area (Å²) in [6, 6.07) is 15.6. The summed E-state index contributed by atoms with van der Waals surface area (Å²) in [7, 11) is 3.15. The molecule has 0 bridgehead atoms. The van der Waals surface area contributed by atoms with Gasteiger partial charge < -0.3 is 20.1 Å². The minimum atomic E-state index is -0.120. The molecule has 0 aliphatic rings.